The molecule has 0 radical (unpaired) electrons. The lowest BCUT2D eigenvalue weighted by atomic mass is 10.2. The maximum Gasteiger partial charge on any atom is 0.225 e. The smallest absolute Gasteiger partial charge is 0.225 e. The molecule has 1 fully saturated rings. The lowest BCUT2D eigenvalue weighted by molar-refractivity contribution is -0.0117. The molecule has 0 aliphatic carbocycles. The van der Waals surface area contributed by atoms with E-state index in [0.717, 1.165) is 42.3 Å². The molecule has 1 saturated heterocycles. The van der Waals surface area contributed by atoms with Crippen molar-refractivity contribution in [1.29, 1.82) is 0 Å². The highest BCUT2D eigenvalue weighted by molar-refractivity contribution is 7.18. The van der Waals surface area contributed by atoms with Gasteiger partial charge in [0, 0.05) is 31.6 Å². The average Bonchev–Trinajstić information content (AvgIpc) is 2.85. The predicted octanol–water partition coefficient (Wildman–Crippen LogP) is 1.78. The molecule has 7 heteroatoms. The number of hydrogen-bond donors (Lipinski definition) is 2. The predicted molar refractivity (Wildman–Crippen MR) is 87.4 cm³/mol. The topological polar surface area (TPSA) is 62.3 Å². The number of anilines is 2. The van der Waals surface area contributed by atoms with Gasteiger partial charge in [-0.3, -0.25) is 0 Å². The third-order valence-electron chi connectivity index (χ3n) is 3.58. The Morgan fingerprint density at radius 2 is 2.33 bits per heavy atom. The number of morpholine rings is 1. The Kier molecular flexibility index (Phi) is 4.23. The number of nitrogens with one attached hydrogen (secondary N) is 2. The number of thiophene rings is 1. The van der Waals surface area contributed by atoms with Crippen LogP contribution in [0.3, 0.4) is 0 Å². The number of fused-ring (bicyclic) bond motifs is 1. The molecular formula is C14H21N5OS. The van der Waals surface area contributed by atoms with Crippen molar-refractivity contribution in [2.24, 2.45) is 0 Å². The van der Waals surface area contributed by atoms with Crippen molar-refractivity contribution in [2.45, 2.75) is 13.0 Å². The molecule has 2 aromatic heterocycles. The molecular weight excluding hydrogens is 286 g/mol. The van der Waals surface area contributed by atoms with Crippen molar-refractivity contribution in [3.8, 4) is 0 Å². The van der Waals surface area contributed by atoms with Gasteiger partial charge in [-0.05, 0) is 20.0 Å². The first kappa shape index (κ1) is 14.5. The fraction of sp³-hybridized carbons (Fsp3) is 0.571. The van der Waals surface area contributed by atoms with E-state index in [0.29, 0.717) is 5.95 Å². The number of aryl methyl sites for hydroxylation is 1. The maximum absolute atomic E-state index is 5.78. The van der Waals surface area contributed by atoms with Crippen LogP contribution in [0.5, 0.6) is 0 Å². The van der Waals surface area contributed by atoms with E-state index in [1.165, 1.54) is 4.88 Å². The van der Waals surface area contributed by atoms with Crippen LogP contribution in [0.4, 0.5) is 11.8 Å². The summed E-state index contributed by atoms with van der Waals surface area (Å²) in [6.45, 7) is 5.59. The Morgan fingerprint density at radius 1 is 1.48 bits per heavy atom. The second-order valence-corrected chi connectivity index (χ2v) is 6.59. The van der Waals surface area contributed by atoms with Crippen LogP contribution in [0, 0.1) is 6.92 Å². The molecule has 1 unspecified atom stereocenters. The highest BCUT2D eigenvalue weighted by atomic mass is 32.1. The molecule has 3 rings (SSSR count). The highest BCUT2D eigenvalue weighted by Gasteiger charge is 2.18. The Morgan fingerprint density at radius 3 is 3.10 bits per heavy atom. The van der Waals surface area contributed by atoms with Crippen LogP contribution in [0.25, 0.3) is 10.2 Å². The molecule has 0 spiro atoms. The van der Waals surface area contributed by atoms with E-state index in [9.17, 15) is 0 Å². The summed E-state index contributed by atoms with van der Waals surface area (Å²) in [5, 5.41) is 7.53. The van der Waals surface area contributed by atoms with Gasteiger partial charge in [-0.15, -0.1) is 11.3 Å². The normalized spacial score (nSPS) is 19.9. The zero-order chi connectivity index (χ0) is 14.8. The summed E-state index contributed by atoms with van der Waals surface area (Å²) in [4.78, 5) is 13.6. The Hall–Kier alpha value is -1.44. The fourth-order valence-corrected chi connectivity index (χ4v) is 3.37. The summed E-state index contributed by atoms with van der Waals surface area (Å²) >= 11 is 1.69. The van der Waals surface area contributed by atoms with E-state index < -0.39 is 0 Å². The second kappa shape index (κ2) is 6.13. The molecule has 6 nitrogen and oxygen atoms in total. The molecule has 2 aromatic rings. The molecule has 1 aliphatic rings. The van der Waals surface area contributed by atoms with Crippen LogP contribution in [0.1, 0.15) is 4.88 Å². The largest absolute Gasteiger partial charge is 0.374 e. The first-order valence-electron chi connectivity index (χ1n) is 7.15. The number of nitrogens with zero attached hydrogens (tertiary/aromatic N) is 3. The molecule has 2 N–H and O–H groups in total. The van der Waals surface area contributed by atoms with Gasteiger partial charge >= 0.3 is 0 Å². The Bertz CT molecular complexity index is 629. The summed E-state index contributed by atoms with van der Waals surface area (Å²) in [6, 6.07) is 2.13. The van der Waals surface area contributed by atoms with E-state index >= 15 is 0 Å². The third-order valence-corrected chi connectivity index (χ3v) is 4.52. The number of hydrogen-bond acceptors (Lipinski definition) is 7. The van der Waals surface area contributed by atoms with Gasteiger partial charge in [0.1, 0.15) is 10.6 Å². The highest BCUT2D eigenvalue weighted by Crippen LogP contribution is 2.29. The van der Waals surface area contributed by atoms with Crippen molar-refractivity contribution in [3.05, 3.63) is 10.9 Å². The Balaban J connectivity index is 1.79. The lowest BCUT2D eigenvalue weighted by Gasteiger charge is -2.30. The first-order chi connectivity index (χ1) is 10.2. The van der Waals surface area contributed by atoms with Gasteiger partial charge in [0.25, 0.3) is 0 Å². The van der Waals surface area contributed by atoms with E-state index in [1.807, 2.05) is 7.05 Å². The second-order valence-electron chi connectivity index (χ2n) is 5.36. The van der Waals surface area contributed by atoms with Gasteiger partial charge in [0.2, 0.25) is 5.95 Å². The molecule has 0 aromatic carbocycles. The van der Waals surface area contributed by atoms with Crippen molar-refractivity contribution >= 4 is 33.3 Å². The Labute approximate surface area is 128 Å². The minimum absolute atomic E-state index is 0.200. The van der Waals surface area contributed by atoms with Crippen LogP contribution in [0.15, 0.2) is 6.07 Å². The zero-order valence-corrected chi connectivity index (χ0v) is 13.5. The summed E-state index contributed by atoms with van der Waals surface area (Å²) in [7, 11) is 3.96. The van der Waals surface area contributed by atoms with Crippen molar-refractivity contribution in [1.82, 2.24) is 14.9 Å². The molecule has 0 bridgehead atoms. The number of likely N-dealkylation sites (N-methyl/N-ethyl adjacent to an activating group) is 1. The number of ether oxygens (including phenoxy) is 1. The van der Waals surface area contributed by atoms with Gasteiger partial charge in [0.05, 0.1) is 18.1 Å². The van der Waals surface area contributed by atoms with Crippen LogP contribution in [0.2, 0.25) is 0 Å². The molecule has 0 amide bonds. The van der Waals surface area contributed by atoms with Gasteiger partial charge in [-0.25, -0.2) is 4.98 Å². The van der Waals surface area contributed by atoms with Crippen LogP contribution >= 0.6 is 11.3 Å². The van der Waals surface area contributed by atoms with E-state index in [-0.39, 0.29) is 6.10 Å². The summed E-state index contributed by atoms with van der Waals surface area (Å²) in [5.41, 5.74) is 0. The monoisotopic (exact) mass is 307 g/mol. The zero-order valence-electron chi connectivity index (χ0n) is 12.6. The first-order valence-corrected chi connectivity index (χ1v) is 7.97. The van der Waals surface area contributed by atoms with Gasteiger partial charge < -0.3 is 20.3 Å². The SMILES string of the molecule is CNc1nc(NCC2CN(C)CCO2)c2cc(C)sc2n1. The summed E-state index contributed by atoms with van der Waals surface area (Å²) in [5.74, 6) is 1.53. The van der Waals surface area contributed by atoms with Crippen LogP contribution in [-0.2, 0) is 4.74 Å². The maximum atomic E-state index is 5.78. The molecule has 0 saturated carbocycles. The average molecular weight is 307 g/mol. The van der Waals surface area contributed by atoms with E-state index in [4.69, 9.17) is 4.74 Å². The molecule has 1 atom stereocenters. The van der Waals surface area contributed by atoms with Gasteiger partial charge in [-0.1, -0.05) is 0 Å². The number of aromatic nitrogens is 2. The number of rotatable bonds is 4. The van der Waals surface area contributed by atoms with Gasteiger partial charge in [0.15, 0.2) is 0 Å². The minimum atomic E-state index is 0.200. The fourth-order valence-electron chi connectivity index (χ4n) is 2.49. The van der Waals surface area contributed by atoms with Crippen LogP contribution in [-0.4, -0.2) is 61.3 Å². The quantitative estimate of drug-likeness (QED) is 0.898. The van der Waals surface area contributed by atoms with Crippen molar-refractivity contribution < 1.29 is 4.74 Å². The minimum Gasteiger partial charge on any atom is -0.374 e. The summed E-state index contributed by atoms with van der Waals surface area (Å²) < 4.78 is 5.78. The summed E-state index contributed by atoms with van der Waals surface area (Å²) in [6.07, 6.45) is 0.200. The van der Waals surface area contributed by atoms with E-state index in [2.05, 4.69) is 45.5 Å². The van der Waals surface area contributed by atoms with Crippen molar-refractivity contribution in [3.63, 3.8) is 0 Å². The van der Waals surface area contributed by atoms with Crippen LogP contribution < -0.4 is 10.6 Å². The van der Waals surface area contributed by atoms with E-state index in [1.54, 1.807) is 11.3 Å². The van der Waals surface area contributed by atoms with Crippen molar-refractivity contribution in [2.75, 3.05) is 51.0 Å². The standard InChI is InChI=1S/C14H21N5OS/c1-9-6-11-12(17-14(15-2)18-13(11)21-9)16-7-10-8-19(3)4-5-20-10/h6,10H,4-5,7-8H2,1-3H3,(H2,15,16,17,18). The molecule has 3 heterocycles. The molecule has 21 heavy (non-hydrogen) atoms. The molecule has 1 aliphatic heterocycles. The molecule has 114 valence electrons. The van der Waals surface area contributed by atoms with Gasteiger partial charge in [-0.2, -0.15) is 4.98 Å². The lowest BCUT2D eigenvalue weighted by Crippen LogP contribution is -2.43. The third kappa shape index (κ3) is 3.25.